The first-order valence-corrected chi connectivity index (χ1v) is 7.83. The van der Waals surface area contributed by atoms with Gasteiger partial charge in [-0.2, -0.15) is 10.1 Å². The van der Waals surface area contributed by atoms with Crippen molar-refractivity contribution in [1.82, 2.24) is 5.43 Å². The smallest absolute Gasteiger partial charge is 0.337 e. The standard InChI is InChI=1S/C15H13Cl3N4O2/c1-7(8-5-3-4-6-9(8)24-2)21-22-15(23)13-10(16)12(19)11(17)14(18)20-13/h3-6H,1-2H3,(H2,19,20)(H,22,23)/p+1/b21-7-. The molecule has 24 heavy (non-hydrogen) atoms. The number of methoxy groups -OCH3 is 1. The van der Waals surface area contributed by atoms with Crippen molar-refractivity contribution < 1.29 is 14.5 Å². The van der Waals surface area contributed by atoms with Crippen molar-refractivity contribution in [3.05, 3.63) is 50.7 Å². The predicted octanol–water partition coefficient (Wildman–Crippen LogP) is 3.21. The molecular weight excluding hydrogens is 375 g/mol. The Labute approximate surface area is 153 Å². The molecule has 2 aromatic rings. The second kappa shape index (κ2) is 7.70. The van der Waals surface area contributed by atoms with Crippen LogP contribution in [0, 0.1) is 0 Å². The van der Waals surface area contributed by atoms with Gasteiger partial charge in [-0.25, -0.2) is 5.43 Å². The number of nitrogens with two attached hydrogens (primary N) is 1. The predicted molar refractivity (Wildman–Crippen MR) is 95.1 cm³/mol. The third-order valence-corrected chi connectivity index (χ3v) is 4.33. The summed E-state index contributed by atoms with van der Waals surface area (Å²) in [6.07, 6.45) is 0. The topological polar surface area (TPSA) is 90.8 Å². The van der Waals surface area contributed by atoms with Crippen molar-refractivity contribution in [2.75, 3.05) is 12.8 Å². The maximum Gasteiger partial charge on any atom is 0.337 e. The van der Waals surface area contributed by atoms with Crippen molar-refractivity contribution in [3.8, 4) is 5.75 Å². The molecule has 2 rings (SSSR count). The Balaban J connectivity index is 2.27. The van der Waals surface area contributed by atoms with E-state index in [1.165, 1.54) is 0 Å². The van der Waals surface area contributed by atoms with Crippen LogP contribution in [0.3, 0.4) is 0 Å². The summed E-state index contributed by atoms with van der Waals surface area (Å²) in [6, 6.07) is 7.28. The molecular formula is C15H14Cl3N4O2+. The lowest BCUT2D eigenvalue weighted by Gasteiger charge is -2.07. The molecule has 6 nitrogen and oxygen atoms in total. The zero-order valence-corrected chi connectivity index (χ0v) is 15.1. The van der Waals surface area contributed by atoms with E-state index in [9.17, 15) is 4.79 Å². The molecule has 0 saturated heterocycles. The minimum Gasteiger partial charge on any atom is -0.496 e. The van der Waals surface area contributed by atoms with Crippen LogP contribution in [-0.2, 0) is 0 Å². The van der Waals surface area contributed by atoms with Gasteiger partial charge in [0.05, 0.1) is 18.5 Å². The summed E-state index contributed by atoms with van der Waals surface area (Å²) in [5.41, 5.74) is 9.35. The molecule has 0 aliphatic rings. The number of H-pyrrole nitrogens is 1. The number of para-hydroxylation sites is 1. The fourth-order valence-electron chi connectivity index (χ4n) is 1.92. The second-order valence-corrected chi connectivity index (χ2v) is 5.83. The number of amides is 1. The molecule has 126 valence electrons. The van der Waals surface area contributed by atoms with Gasteiger partial charge in [-0.1, -0.05) is 35.3 Å². The van der Waals surface area contributed by atoms with E-state index < -0.39 is 5.91 Å². The normalized spacial score (nSPS) is 11.3. The van der Waals surface area contributed by atoms with Gasteiger partial charge >= 0.3 is 5.91 Å². The van der Waals surface area contributed by atoms with Gasteiger partial charge in [-0.3, -0.25) is 4.79 Å². The fraction of sp³-hybridized carbons (Fsp3) is 0.133. The maximum absolute atomic E-state index is 12.2. The lowest BCUT2D eigenvalue weighted by atomic mass is 10.1. The van der Waals surface area contributed by atoms with Gasteiger partial charge in [-0.15, -0.1) is 0 Å². The van der Waals surface area contributed by atoms with Crippen molar-refractivity contribution in [3.63, 3.8) is 0 Å². The van der Waals surface area contributed by atoms with Gasteiger partial charge in [0.1, 0.15) is 15.8 Å². The Hall–Kier alpha value is -2.02. The SMILES string of the molecule is COc1ccccc1/C(C)=N\NC(=O)c1[nH+]c(Cl)c(Cl)c(N)c1Cl. The maximum atomic E-state index is 12.2. The van der Waals surface area contributed by atoms with Crippen LogP contribution < -0.4 is 20.9 Å². The van der Waals surface area contributed by atoms with Crippen LogP contribution in [0.15, 0.2) is 29.4 Å². The average Bonchev–Trinajstić information content (AvgIpc) is 2.60. The number of hydrazone groups is 1. The molecule has 4 N–H and O–H groups in total. The molecule has 1 aromatic heterocycles. The van der Waals surface area contributed by atoms with E-state index >= 15 is 0 Å². The summed E-state index contributed by atoms with van der Waals surface area (Å²) < 4.78 is 5.25. The first-order valence-electron chi connectivity index (χ1n) is 6.70. The molecule has 0 bridgehead atoms. The molecule has 0 atom stereocenters. The van der Waals surface area contributed by atoms with E-state index in [0.717, 1.165) is 5.56 Å². The van der Waals surface area contributed by atoms with Gasteiger partial charge in [0.2, 0.25) is 0 Å². The average molecular weight is 389 g/mol. The molecule has 0 radical (unpaired) electrons. The number of carbonyl (C=O) groups is 1. The summed E-state index contributed by atoms with van der Waals surface area (Å²) in [7, 11) is 1.55. The number of anilines is 1. The minimum absolute atomic E-state index is 0.00847. The number of hydrogen-bond donors (Lipinski definition) is 2. The first kappa shape index (κ1) is 18.3. The van der Waals surface area contributed by atoms with E-state index in [2.05, 4.69) is 15.5 Å². The Morgan fingerprint density at radius 3 is 2.58 bits per heavy atom. The van der Waals surface area contributed by atoms with Crippen LogP contribution in [0.25, 0.3) is 0 Å². The lowest BCUT2D eigenvalue weighted by Crippen LogP contribution is -2.29. The molecule has 0 aliphatic heterocycles. The Kier molecular flexibility index (Phi) is 5.88. The molecule has 1 aromatic carbocycles. The largest absolute Gasteiger partial charge is 0.496 e. The number of hydrogen-bond acceptors (Lipinski definition) is 4. The Morgan fingerprint density at radius 1 is 1.25 bits per heavy atom. The summed E-state index contributed by atoms with van der Waals surface area (Å²) in [5, 5.41) is 4.07. The molecule has 0 aliphatic carbocycles. The van der Waals surface area contributed by atoms with Crippen molar-refractivity contribution >= 4 is 52.1 Å². The number of carbonyl (C=O) groups excluding carboxylic acids is 1. The minimum atomic E-state index is -0.612. The number of pyridine rings is 1. The van der Waals surface area contributed by atoms with Gasteiger partial charge in [0.25, 0.3) is 10.8 Å². The Morgan fingerprint density at radius 2 is 1.92 bits per heavy atom. The van der Waals surface area contributed by atoms with Gasteiger partial charge in [-0.05, 0) is 30.7 Å². The van der Waals surface area contributed by atoms with Gasteiger partial charge in [0.15, 0.2) is 0 Å². The van der Waals surface area contributed by atoms with E-state index in [-0.39, 0.29) is 26.6 Å². The van der Waals surface area contributed by atoms with Crippen molar-refractivity contribution in [2.24, 2.45) is 5.10 Å². The number of rotatable bonds is 4. The highest BCUT2D eigenvalue weighted by molar-refractivity contribution is 6.45. The Bertz CT molecular complexity index is 825. The fourth-order valence-corrected chi connectivity index (χ4v) is 2.53. The number of halogens is 3. The monoisotopic (exact) mass is 387 g/mol. The zero-order valence-electron chi connectivity index (χ0n) is 12.8. The third kappa shape index (κ3) is 3.72. The number of nitrogens with one attached hydrogen (secondary N) is 2. The number of nitrogen functional groups attached to an aromatic ring is 1. The van der Waals surface area contributed by atoms with Gasteiger partial charge in [0, 0.05) is 5.56 Å². The van der Waals surface area contributed by atoms with Crippen molar-refractivity contribution in [2.45, 2.75) is 6.92 Å². The third-order valence-electron chi connectivity index (χ3n) is 3.17. The second-order valence-electron chi connectivity index (χ2n) is 4.69. The number of aromatic nitrogens is 1. The van der Waals surface area contributed by atoms with E-state index in [0.29, 0.717) is 11.5 Å². The summed E-state index contributed by atoms with van der Waals surface area (Å²) in [4.78, 5) is 14.8. The highest BCUT2D eigenvalue weighted by Gasteiger charge is 2.26. The molecule has 1 amide bonds. The van der Waals surface area contributed by atoms with Crippen LogP contribution in [0.5, 0.6) is 5.75 Å². The van der Waals surface area contributed by atoms with E-state index in [1.807, 2.05) is 18.2 Å². The molecule has 0 spiro atoms. The summed E-state index contributed by atoms with van der Waals surface area (Å²) >= 11 is 17.7. The molecule has 9 heteroatoms. The first-order chi connectivity index (χ1) is 11.4. The summed E-state index contributed by atoms with van der Waals surface area (Å²) in [5.74, 6) is 0.0240. The zero-order chi connectivity index (χ0) is 17.9. The molecule has 0 unspecified atom stereocenters. The van der Waals surface area contributed by atoms with Crippen molar-refractivity contribution in [1.29, 1.82) is 0 Å². The lowest BCUT2D eigenvalue weighted by molar-refractivity contribution is -0.379. The number of aromatic amines is 1. The molecule has 0 fully saturated rings. The van der Waals surface area contributed by atoms with Gasteiger partial charge < -0.3 is 10.5 Å². The van der Waals surface area contributed by atoms with Crippen LogP contribution in [0.4, 0.5) is 5.69 Å². The van der Waals surface area contributed by atoms with Crippen LogP contribution in [-0.4, -0.2) is 18.7 Å². The van der Waals surface area contributed by atoms with Crippen LogP contribution in [0.2, 0.25) is 15.2 Å². The summed E-state index contributed by atoms with van der Waals surface area (Å²) in [6.45, 7) is 1.73. The number of benzene rings is 1. The van der Waals surface area contributed by atoms with E-state index in [4.69, 9.17) is 45.3 Å². The number of ether oxygens (including phenoxy) is 1. The highest BCUT2D eigenvalue weighted by Crippen LogP contribution is 2.31. The molecule has 1 heterocycles. The van der Waals surface area contributed by atoms with E-state index in [1.54, 1.807) is 20.1 Å². The van der Waals surface area contributed by atoms with Crippen LogP contribution in [0.1, 0.15) is 23.0 Å². The highest BCUT2D eigenvalue weighted by atomic mass is 35.5. The molecule has 0 saturated carbocycles. The quantitative estimate of drug-likeness (QED) is 0.478. The number of nitrogens with zero attached hydrogens (tertiary/aromatic N) is 1. The van der Waals surface area contributed by atoms with Crippen LogP contribution >= 0.6 is 34.8 Å².